The molecule has 0 atom stereocenters. The van der Waals surface area contributed by atoms with E-state index in [2.05, 4.69) is 4.98 Å². The monoisotopic (exact) mass is 369 g/mol. The molecule has 0 spiro atoms. The highest BCUT2D eigenvalue weighted by Gasteiger charge is 2.14. The summed E-state index contributed by atoms with van der Waals surface area (Å²) < 4.78 is 1.54. The molecule has 0 amide bonds. The van der Waals surface area contributed by atoms with Crippen LogP contribution in [-0.4, -0.2) is 14.5 Å². The van der Waals surface area contributed by atoms with Crippen LogP contribution in [0.25, 0.3) is 28.1 Å². The SMILES string of the molecule is O=c1c(-c2cccc([N+](=O)[O-])c2)cc(-c2ccccn2)cn1-c1ccccc1. The summed E-state index contributed by atoms with van der Waals surface area (Å²) >= 11 is 0. The van der Waals surface area contributed by atoms with Crippen LogP contribution in [0.15, 0.2) is 96.1 Å². The molecule has 0 aliphatic carbocycles. The van der Waals surface area contributed by atoms with E-state index in [1.54, 1.807) is 30.6 Å². The zero-order valence-corrected chi connectivity index (χ0v) is 14.7. The van der Waals surface area contributed by atoms with Crippen LogP contribution >= 0.6 is 0 Å². The Labute approximate surface area is 160 Å². The number of nitro groups is 1. The molecule has 0 fully saturated rings. The Bertz CT molecular complexity index is 1200. The second kappa shape index (κ2) is 7.28. The number of pyridine rings is 2. The van der Waals surface area contributed by atoms with Gasteiger partial charge in [-0.25, -0.2) is 0 Å². The van der Waals surface area contributed by atoms with Gasteiger partial charge in [0.2, 0.25) is 0 Å². The first kappa shape index (κ1) is 17.4. The van der Waals surface area contributed by atoms with Gasteiger partial charge in [0, 0.05) is 41.3 Å². The van der Waals surface area contributed by atoms with Crippen LogP contribution in [0.5, 0.6) is 0 Å². The van der Waals surface area contributed by atoms with E-state index < -0.39 is 4.92 Å². The number of nitrogens with zero attached hydrogens (tertiary/aromatic N) is 3. The molecule has 0 aliphatic rings. The third-order valence-corrected chi connectivity index (χ3v) is 4.38. The molecule has 2 heterocycles. The van der Waals surface area contributed by atoms with E-state index in [4.69, 9.17) is 0 Å². The Morgan fingerprint density at radius 1 is 0.857 bits per heavy atom. The Morgan fingerprint density at radius 3 is 2.36 bits per heavy atom. The zero-order valence-electron chi connectivity index (χ0n) is 14.7. The van der Waals surface area contributed by atoms with Crippen LogP contribution < -0.4 is 5.56 Å². The fraction of sp³-hybridized carbons (Fsp3) is 0. The van der Waals surface area contributed by atoms with Gasteiger partial charge in [0.25, 0.3) is 11.2 Å². The lowest BCUT2D eigenvalue weighted by Gasteiger charge is -2.12. The molecule has 0 saturated carbocycles. The van der Waals surface area contributed by atoms with Crippen molar-refractivity contribution >= 4 is 5.69 Å². The molecule has 4 aromatic rings. The van der Waals surface area contributed by atoms with Gasteiger partial charge < -0.3 is 0 Å². The van der Waals surface area contributed by atoms with Gasteiger partial charge in [0.15, 0.2) is 0 Å². The maximum absolute atomic E-state index is 13.2. The van der Waals surface area contributed by atoms with Gasteiger partial charge in [-0.1, -0.05) is 36.4 Å². The molecule has 2 aromatic carbocycles. The number of aromatic nitrogens is 2. The van der Waals surface area contributed by atoms with Gasteiger partial charge in [-0.05, 0) is 35.9 Å². The van der Waals surface area contributed by atoms with Gasteiger partial charge in [-0.2, -0.15) is 0 Å². The molecule has 6 nitrogen and oxygen atoms in total. The molecule has 2 aromatic heterocycles. The number of nitro benzene ring substituents is 1. The Morgan fingerprint density at radius 2 is 1.64 bits per heavy atom. The van der Waals surface area contributed by atoms with Crippen molar-refractivity contribution in [1.82, 2.24) is 9.55 Å². The lowest BCUT2D eigenvalue weighted by molar-refractivity contribution is -0.384. The Hall–Kier alpha value is -4.06. The number of hydrogen-bond donors (Lipinski definition) is 0. The zero-order chi connectivity index (χ0) is 19.5. The molecular formula is C22H15N3O3. The average Bonchev–Trinajstić information content (AvgIpc) is 2.75. The van der Waals surface area contributed by atoms with Crippen LogP contribution in [0.2, 0.25) is 0 Å². The minimum absolute atomic E-state index is 0.0635. The summed E-state index contributed by atoms with van der Waals surface area (Å²) in [5.41, 5.74) is 2.69. The highest BCUT2D eigenvalue weighted by Crippen LogP contribution is 2.26. The largest absolute Gasteiger partial charge is 0.283 e. The van der Waals surface area contributed by atoms with Crippen molar-refractivity contribution in [3.05, 3.63) is 112 Å². The first-order valence-corrected chi connectivity index (χ1v) is 8.62. The molecule has 0 saturated heterocycles. The standard InChI is InChI=1S/C22H15N3O3/c26-22-20(16-7-6-10-19(13-16)25(27)28)14-17(21-11-4-5-12-23-21)15-24(22)18-8-2-1-3-9-18/h1-15H. The van der Waals surface area contributed by atoms with E-state index in [1.807, 2.05) is 48.5 Å². The molecule has 0 unspecified atom stereocenters. The Kier molecular flexibility index (Phi) is 4.51. The highest BCUT2D eigenvalue weighted by molar-refractivity contribution is 5.72. The van der Waals surface area contributed by atoms with Crippen LogP contribution in [0.4, 0.5) is 5.69 Å². The maximum Gasteiger partial charge on any atom is 0.270 e. The number of hydrogen-bond acceptors (Lipinski definition) is 4. The number of non-ortho nitro benzene ring substituents is 1. The van der Waals surface area contributed by atoms with Crippen molar-refractivity contribution in [1.29, 1.82) is 0 Å². The van der Waals surface area contributed by atoms with E-state index in [1.165, 1.54) is 16.7 Å². The summed E-state index contributed by atoms with van der Waals surface area (Å²) in [5.74, 6) is 0. The quantitative estimate of drug-likeness (QED) is 0.393. The molecule has 0 radical (unpaired) electrons. The van der Waals surface area contributed by atoms with Gasteiger partial charge in [0.1, 0.15) is 0 Å². The van der Waals surface area contributed by atoms with E-state index in [0.717, 1.165) is 5.56 Å². The van der Waals surface area contributed by atoms with E-state index in [9.17, 15) is 14.9 Å². The lowest BCUT2D eigenvalue weighted by atomic mass is 10.0. The van der Waals surface area contributed by atoms with Crippen molar-refractivity contribution < 1.29 is 4.92 Å². The normalized spacial score (nSPS) is 10.6. The summed E-state index contributed by atoms with van der Waals surface area (Å²) in [6.45, 7) is 0. The van der Waals surface area contributed by atoms with Crippen LogP contribution in [0, 0.1) is 10.1 Å². The topological polar surface area (TPSA) is 78.0 Å². The van der Waals surface area contributed by atoms with E-state index in [-0.39, 0.29) is 11.2 Å². The summed E-state index contributed by atoms with van der Waals surface area (Å²) in [6, 6.07) is 22.6. The lowest BCUT2D eigenvalue weighted by Crippen LogP contribution is -2.20. The second-order valence-corrected chi connectivity index (χ2v) is 6.18. The predicted molar refractivity (Wildman–Crippen MR) is 107 cm³/mol. The fourth-order valence-electron chi connectivity index (χ4n) is 3.03. The molecule has 0 bridgehead atoms. The maximum atomic E-state index is 13.2. The van der Waals surface area contributed by atoms with Crippen LogP contribution in [0.1, 0.15) is 0 Å². The van der Waals surface area contributed by atoms with Crippen molar-refractivity contribution in [2.24, 2.45) is 0 Å². The van der Waals surface area contributed by atoms with E-state index >= 15 is 0 Å². The molecule has 0 N–H and O–H groups in total. The summed E-state index contributed by atoms with van der Waals surface area (Å²) in [4.78, 5) is 28.3. The molecule has 0 aliphatic heterocycles. The molecular weight excluding hydrogens is 354 g/mol. The molecule has 6 heteroatoms. The Balaban J connectivity index is 1.99. The smallest absolute Gasteiger partial charge is 0.270 e. The number of rotatable bonds is 4. The number of benzene rings is 2. The first-order valence-electron chi connectivity index (χ1n) is 8.62. The third-order valence-electron chi connectivity index (χ3n) is 4.38. The first-order chi connectivity index (χ1) is 13.6. The van der Waals surface area contributed by atoms with Gasteiger partial charge >= 0.3 is 0 Å². The second-order valence-electron chi connectivity index (χ2n) is 6.18. The van der Waals surface area contributed by atoms with Gasteiger partial charge in [0.05, 0.1) is 10.6 Å². The molecule has 4 rings (SSSR count). The molecule has 28 heavy (non-hydrogen) atoms. The number of para-hydroxylation sites is 1. The minimum atomic E-state index is -0.470. The van der Waals surface area contributed by atoms with Crippen molar-refractivity contribution in [2.75, 3.05) is 0 Å². The van der Waals surface area contributed by atoms with Crippen molar-refractivity contribution in [3.63, 3.8) is 0 Å². The van der Waals surface area contributed by atoms with Crippen molar-refractivity contribution in [2.45, 2.75) is 0 Å². The van der Waals surface area contributed by atoms with Gasteiger partial charge in [-0.15, -0.1) is 0 Å². The van der Waals surface area contributed by atoms with Gasteiger partial charge in [-0.3, -0.25) is 24.5 Å². The van der Waals surface area contributed by atoms with Crippen LogP contribution in [-0.2, 0) is 0 Å². The third kappa shape index (κ3) is 3.31. The fourth-order valence-corrected chi connectivity index (χ4v) is 3.03. The minimum Gasteiger partial charge on any atom is -0.283 e. The highest BCUT2D eigenvalue weighted by atomic mass is 16.6. The molecule has 136 valence electrons. The average molecular weight is 369 g/mol. The van der Waals surface area contributed by atoms with E-state index in [0.29, 0.717) is 22.5 Å². The summed E-state index contributed by atoms with van der Waals surface area (Å²) in [7, 11) is 0. The van der Waals surface area contributed by atoms with Crippen molar-refractivity contribution in [3.8, 4) is 28.1 Å². The summed E-state index contributed by atoms with van der Waals surface area (Å²) in [6.07, 6.45) is 3.42. The van der Waals surface area contributed by atoms with Crippen LogP contribution in [0.3, 0.4) is 0 Å². The summed E-state index contributed by atoms with van der Waals surface area (Å²) in [5, 5.41) is 11.2. The predicted octanol–water partition coefficient (Wildman–Crippen LogP) is 4.47.